The molecule has 1 aromatic rings. The molecule has 0 bridgehead atoms. The Morgan fingerprint density at radius 3 is 2.25 bits per heavy atom. The van der Waals surface area contributed by atoms with Crippen molar-refractivity contribution in [1.29, 1.82) is 0 Å². The minimum Gasteiger partial charge on any atom is -0.748 e. The third-order valence-corrected chi connectivity index (χ3v) is 3.97. The van der Waals surface area contributed by atoms with Gasteiger partial charge in [0.1, 0.15) is 5.69 Å². The molecule has 0 saturated carbocycles. The highest BCUT2D eigenvalue weighted by atomic mass is 32.2. The number of rotatable bonds is 7. The minimum absolute atomic E-state index is 0.313. The van der Waals surface area contributed by atoms with E-state index in [4.69, 9.17) is 9.47 Å². The van der Waals surface area contributed by atoms with Gasteiger partial charge in [0.25, 0.3) is 0 Å². The Labute approximate surface area is 120 Å². The van der Waals surface area contributed by atoms with Gasteiger partial charge in [0.2, 0.25) is 0 Å². The molecule has 20 heavy (non-hydrogen) atoms. The Morgan fingerprint density at radius 2 is 1.75 bits per heavy atom. The largest absolute Gasteiger partial charge is 0.748 e. The predicted molar refractivity (Wildman–Crippen MR) is 77.2 cm³/mol. The summed E-state index contributed by atoms with van der Waals surface area (Å²) >= 11 is 0. The van der Waals surface area contributed by atoms with Crippen LogP contribution in [0.1, 0.15) is 6.42 Å². The molecule has 1 aromatic carbocycles. The van der Waals surface area contributed by atoms with Gasteiger partial charge in [0, 0.05) is 24.3 Å². The normalized spacial score (nSPS) is 12.2. The zero-order valence-electron chi connectivity index (χ0n) is 12.3. The average Bonchev–Trinajstić information content (AvgIpc) is 2.36. The van der Waals surface area contributed by atoms with E-state index in [0.29, 0.717) is 28.9 Å². The molecule has 0 unspecified atom stereocenters. The van der Waals surface area contributed by atoms with E-state index >= 15 is 0 Å². The van der Waals surface area contributed by atoms with Crippen LogP contribution in [0.3, 0.4) is 0 Å². The molecule has 0 heterocycles. The van der Waals surface area contributed by atoms with Crippen LogP contribution in [0.25, 0.3) is 0 Å². The molecule has 0 aliphatic rings. The Morgan fingerprint density at radius 1 is 1.15 bits per heavy atom. The summed E-state index contributed by atoms with van der Waals surface area (Å²) in [6.07, 6.45) is 0.313. The SMILES string of the molecule is COc1ccc([N+](C)(C)CCCS(=O)(=O)[O-])cc1OC. The lowest BCUT2D eigenvalue weighted by Crippen LogP contribution is -2.41. The lowest BCUT2D eigenvalue weighted by Gasteiger charge is -2.30. The first-order chi connectivity index (χ1) is 9.19. The lowest BCUT2D eigenvalue weighted by atomic mass is 10.2. The van der Waals surface area contributed by atoms with E-state index in [1.807, 2.05) is 26.2 Å². The fourth-order valence-corrected chi connectivity index (χ4v) is 2.45. The summed E-state index contributed by atoms with van der Waals surface area (Å²) < 4.78 is 42.8. The van der Waals surface area contributed by atoms with Crippen LogP contribution >= 0.6 is 0 Å². The van der Waals surface area contributed by atoms with Crippen LogP contribution in [0.5, 0.6) is 11.5 Å². The van der Waals surface area contributed by atoms with Crippen molar-refractivity contribution < 1.29 is 22.4 Å². The van der Waals surface area contributed by atoms with E-state index in [0.717, 1.165) is 5.69 Å². The fraction of sp³-hybridized carbons (Fsp3) is 0.538. The van der Waals surface area contributed by atoms with Crippen molar-refractivity contribution in [3.63, 3.8) is 0 Å². The van der Waals surface area contributed by atoms with Gasteiger partial charge in [0.15, 0.2) is 11.5 Å². The van der Waals surface area contributed by atoms with Gasteiger partial charge in [-0.15, -0.1) is 0 Å². The summed E-state index contributed by atoms with van der Waals surface area (Å²) in [5.74, 6) is 0.910. The summed E-state index contributed by atoms with van der Waals surface area (Å²) in [5, 5.41) is 0. The number of methoxy groups -OCH3 is 2. The number of hydrogen-bond donors (Lipinski definition) is 0. The molecule has 0 spiro atoms. The van der Waals surface area contributed by atoms with Gasteiger partial charge in [-0.1, -0.05) is 0 Å². The number of quaternary nitrogens is 1. The van der Waals surface area contributed by atoms with Crippen molar-refractivity contribution in [3.05, 3.63) is 18.2 Å². The topological polar surface area (TPSA) is 75.7 Å². The molecule has 0 radical (unpaired) electrons. The van der Waals surface area contributed by atoms with Crippen LogP contribution < -0.4 is 14.0 Å². The van der Waals surface area contributed by atoms with Crippen LogP contribution in [0, 0.1) is 0 Å². The van der Waals surface area contributed by atoms with E-state index < -0.39 is 10.1 Å². The van der Waals surface area contributed by atoms with Crippen LogP contribution in [-0.4, -0.2) is 53.6 Å². The monoisotopic (exact) mass is 303 g/mol. The smallest absolute Gasteiger partial charge is 0.166 e. The molecule has 0 aromatic heterocycles. The van der Waals surface area contributed by atoms with Gasteiger partial charge in [-0.2, -0.15) is 0 Å². The molecule has 0 amide bonds. The molecule has 0 aliphatic heterocycles. The molecule has 1 rings (SSSR count). The molecular weight excluding hydrogens is 282 g/mol. The number of nitrogens with zero attached hydrogens (tertiary/aromatic N) is 1. The third-order valence-electron chi connectivity index (χ3n) is 3.18. The molecule has 7 heteroatoms. The van der Waals surface area contributed by atoms with Crippen LogP contribution in [0.4, 0.5) is 5.69 Å². The van der Waals surface area contributed by atoms with Crippen molar-refractivity contribution >= 4 is 15.8 Å². The first-order valence-electron chi connectivity index (χ1n) is 6.19. The molecule has 114 valence electrons. The van der Waals surface area contributed by atoms with E-state index in [1.54, 1.807) is 20.3 Å². The number of hydrogen-bond acceptors (Lipinski definition) is 5. The Kier molecular flexibility index (Phi) is 5.38. The number of benzene rings is 1. The molecule has 0 aliphatic carbocycles. The predicted octanol–water partition coefficient (Wildman–Crippen LogP) is 1.21. The summed E-state index contributed by atoms with van der Waals surface area (Å²) in [4.78, 5) is 0. The lowest BCUT2D eigenvalue weighted by molar-refractivity contribution is 0.350. The Balaban J connectivity index is 2.86. The standard InChI is InChI=1S/C13H21NO5S/c1-14(2,8-5-9-20(15,16)17)11-6-7-12(18-3)13(10-11)19-4/h6-7,10H,5,8-9H2,1-4H3. The first kappa shape index (κ1) is 16.7. The molecule has 0 fully saturated rings. The molecular formula is C13H21NO5S. The average molecular weight is 303 g/mol. The van der Waals surface area contributed by atoms with Crippen molar-refractivity contribution in [2.24, 2.45) is 0 Å². The Hall–Kier alpha value is -1.31. The maximum absolute atomic E-state index is 10.6. The van der Waals surface area contributed by atoms with Crippen molar-refractivity contribution in [2.45, 2.75) is 6.42 Å². The van der Waals surface area contributed by atoms with Gasteiger partial charge in [0.05, 0.1) is 45.0 Å². The highest BCUT2D eigenvalue weighted by Crippen LogP contribution is 2.33. The summed E-state index contributed by atoms with van der Waals surface area (Å²) in [5.41, 5.74) is 0.950. The van der Waals surface area contributed by atoms with Crippen LogP contribution in [0.2, 0.25) is 0 Å². The van der Waals surface area contributed by atoms with Crippen molar-refractivity contribution in [1.82, 2.24) is 4.48 Å². The van der Waals surface area contributed by atoms with E-state index in [-0.39, 0.29) is 5.75 Å². The highest BCUT2D eigenvalue weighted by molar-refractivity contribution is 7.85. The fourth-order valence-electron chi connectivity index (χ4n) is 1.97. The second kappa shape index (κ2) is 6.43. The zero-order valence-corrected chi connectivity index (χ0v) is 13.1. The molecule has 0 saturated heterocycles. The molecule has 0 atom stereocenters. The van der Waals surface area contributed by atoms with Gasteiger partial charge in [-0.05, 0) is 6.07 Å². The second-order valence-corrected chi connectivity index (χ2v) is 6.59. The minimum atomic E-state index is -4.16. The first-order valence-corrected chi connectivity index (χ1v) is 7.76. The molecule has 6 nitrogen and oxygen atoms in total. The maximum atomic E-state index is 10.6. The van der Waals surface area contributed by atoms with Crippen LogP contribution in [-0.2, 0) is 10.1 Å². The third kappa shape index (κ3) is 4.66. The van der Waals surface area contributed by atoms with Crippen molar-refractivity contribution in [2.75, 3.05) is 40.6 Å². The Bertz CT molecular complexity index is 554. The van der Waals surface area contributed by atoms with Gasteiger partial charge in [-0.25, -0.2) is 8.42 Å². The van der Waals surface area contributed by atoms with E-state index in [9.17, 15) is 13.0 Å². The van der Waals surface area contributed by atoms with Gasteiger partial charge in [-0.3, -0.25) is 4.48 Å². The van der Waals surface area contributed by atoms with Crippen LogP contribution in [0.15, 0.2) is 18.2 Å². The van der Waals surface area contributed by atoms with E-state index in [2.05, 4.69) is 0 Å². The van der Waals surface area contributed by atoms with Gasteiger partial charge < -0.3 is 14.0 Å². The summed E-state index contributed by atoms with van der Waals surface area (Å²) in [7, 11) is 2.86. The summed E-state index contributed by atoms with van der Waals surface area (Å²) in [6.45, 7) is 0.539. The van der Waals surface area contributed by atoms with E-state index in [1.165, 1.54) is 0 Å². The highest BCUT2D eigenvalue weighted by Gasteiger charge is 2.21. The summed E-state index contributed by atoms with van der Waals surface area (Å²) in [6, 6.07) is 5.55. The maximum Gasteiger partial charge on any atom is 0.166 e. The zero-order chi connectivity index (χ0) is 15.4. The van der Waals surface area contributed by atoms with Crippen molar-refractivity contribution in [3.8, 4) is 11.5 Å². The van der Waals surface area contributed by atoms with Gasteiger partial charge >= 0.3 is 0 Å². The quantitative estimate of drug-likeness (QED) is 0.559. The second-order valence-electron chi connectivity index (χ2n) is 5.06. The molecule has 0 N–H and O–H groups in total. The number of ether oxygens (including phenoxy) is 2.